The first-order chi connectivity index (χ1) is 8.38. The van der Waals surface area contributed by atoms with Gasteiger partial charge in [-0.15, -0.1) is 0 Å². The predicted octanol–water partition coefficient (Wildman–Crippen LogP) is 2.13. The zero-order chi connectivity index (χ0) is 13.6. The van der Waals surface area contributed by atoms with E-state index in [1.165, 1.54) is 0 Å². The molecule has 0 unspecified atom stereocenters. The molecule has 0 fully saturated rings. The molecule has 0 amide bonds. The molecule has 0 atom stereocenters. The Kier molecular flexibility index (Phi) is 6.59. The van der Waals surface area contributed by atoms with Gasteiger partial charge in [-0.1, -0.05) is 33.6 Å². The van der Waals surface area contributed by atoms with Crippen LogP contribution in [0.25, 0.3) is 0 Å². The summed E-state index contributed by atoms with van der Waals surface area (Å²) >= 11 is 9.29. The van der Waals surface area contributed by atoms with E-state index in [1.54, 1.807) is 0 Å². The third kappa shape index (κ3) is 6.70. The molecule has 4 nitrogen and oxygen atoms in total. The van der Waals surface area contributed by atoms with Crippen LogP contribution in [0, 0.1) is 0 Å². The van der Waals surface area contributed by atoms with Crippen LogP contribution in [0.3, 0.4) is 0 Å². The van der Waals surface area contributed by atoms with E-state index in [4.69, 9.17) is 11.6 Å². The molecule has 0 heterocycles. The van der Waals surface area contributed by atoms with Crippen LogP contribution in [0.1, 0.15) is 12.0 Å². The predicted molar refractivity (Wildman–Crippen MR) is 78.3 cm³/mol. The highest BCUT2D eigenvalue weighted by atomic mass is 79.9. The highest BCUT2D eigenvalue weighted by molar-refractivity contribution is 9.10. The van der Waals surface area contributed by atoms with Gasteiger partial charge < -0.3 is 5.32 Å². The number of nitrogens with one attached hydrogen (secondary N) is 2. The van der Waals surface area contributed by atoms with Gasteiger partial charge in [-0.2, -0.15) is 0 Å². The van der Waals surface area contributed by atoms with E-state index >= 15 is 0 Å². The van der Waals surface area contributed by atoms with Gasteiger partial charge in [-0.3, -0.25) is 0 Å². The Bertz CT molecular complexity index is 494. The summed E-state index contributed by atoms with van der Waals surface area (Å²) in [5.41, 5.74) is 1.12. The third-order valence-electron chi connectivity index (χ3n) is 2.23. The molecule has 0 bridgehead atoms. The molecule has 0 aliphatic heterocycles. The first kappa shape index (κ1) is 15.9. The van der Waals surface area contributed by atoms with Gasteiger partial charge in [0.25, 0.3) is 0 Å². The maximum atomic E-state index is 10.8. The molecule has 7 heteroatoms. The lowest BCUT2D eigenvalue weighted by Gasteiger charge is -2.07. The minimum absolute atomic E-state index is 0.452. The fourth-order valence-electron chi connectivity index (χ4n) is 1.36. The van der Waals surface area contributed by atoms with Gasteiger partial charge in [0.2, 0.25) is 10.0 Å². The van der Waals surface area contributed by atoms with Gasteiger partial charge in [-0.05, 0) is 30.7 Å². The molecule has 0 radical (unpaired) electrons. The number of rotatable bonds is 7. The highest BCUT2D eigenvalue weighted by Gasteiger charge is 2.01. The molecule has 0 aliphatic carbocycles. The maximum absolute atomic E-state index is 10.8. The van der Waals surface area contributed by atoms with Crippen molar-refractivity contribution >= 4 is 37.6 Å². The summed E-state index contributed by atoms with van der Waals surface area (Å²) in [7, 11) is -3.07. The van der Waals surface area contributed by atoms with Crippen molar-refractivity contribution in [2.75, 3.05) is 19.3 Å². The van der Waals surface area contributed by atoms with Crippen LogP contribution >= 0.6 is 27.5 Å². The number of hydrogen-bond acceptors (Lipinski definition) is 3. The SMILES string of the molecule is CS(=O)(=O)NCCCNCc1ccc(Cl)cc1Br. The lowest BCUT2D eigenvalue weighted by molar-refractivity contribution is 0.579. The lowest BCUT2D eigenvalue weighted by Crippen LogP contribution is -2.26. The average Bonchev–Trinajstić information content (AvgIpc) is 2.24. The second-order valence-corrected chi connectivity index (χ2v) is 7.06. The zero-order valence-electron chi connectivity index (χ0n) is 10.0. The molecular formula is C11H16BrClN2O2S. The van der Waals surface area contributed by atoms with Crippen molar-refractivity contribution in [3.63, 3.8) is 0 Å². The highest BCUT2D eigenvalue weighted by Crippen LogP contribution is 2.21. The summed E-state index contributed by atoms with van der Waals surface area (Å²) in [6.45, 7) is 1.92. The Morgan fingerprint density at radius 3 is 2.67 bits per heavy atom. The minimum atomic E-state index is -3.07. The van der Waals surface area contributed by atoms with Gasteiger partial charge in [-0.25, -0.2) is 13.1 Å². The third-order valence-corrected chi connectivity index (χ3v) is 3.93. The Morgan fingerprint density at radius 1 is 1.33 bits per heavy atom. The van der Waals surface area contributed by atoms with Crippen LogP contribution in [0.2, 0.25) is 5.02 Å². The molecule has 1 aromatic carbocycles. The number of hydrogen-bond donors (Lipinski definition) is 2. The molecule has 2 N–H and O–H groups in total. The first-order valence-corrected chi connectivity index (χ1v) is 8.54. The van der Waals surface area contributed by atoms with Gasteiger partial charge in [0, 0.05) is 22.6 Å². The largest absolute Gasteiger partial charge is 0.313 e. The Balaban J connectivity index is 2.22. The molecule has 0 saturated carbocycles. The number of benzene rings is 1. The van der Waals surface area contributed by atoms with Gasteiger partial charge in [0.1, 0.15) is 0 Å². The van der Waals surface area contributed by atoms with Crippen molar-refractivity contribution in [2.45, 2.75) is 13.0 Å². The normalized spacial score (nSPS) is 11.7. The van der Waals surface area contributed by atoms with Crippen LogP contribution in [0.15, 0.2) is 22.7 Å². The van der Waals surface area contributed by atoms with E-state index in [9.17, 15) is 8.42 Å². The standard InChI is InChI=1S/C11H16BrClN2O2S/c1-18(16,17)15-6-2-5-14-8-9-3-4-10(13)7-11(9)12/h3-4,7,14-15H,2,5-6,8H2,1H3. The van der Waals surface area contributed by atoms with Crippen molar-refractivity contribution in [1.82, 2.24) is 10.0 Å². The van der Waals surface area contributed by atoms with Crippen LogP contribution in [0.5, 0.6) is 0 Å². The second-order valence-electron chi connectivity index (χ2n) is 3.93. The average molecular weight is 356 g/mol. The Morgan fingerprint density at radius 2 is 2.06 bits per heavy atom. The Labute approximate surface area is 121 Å². The van der Waals surface area contributed by atoms with Crippen molar-refractivity contribution in [3.8, 4) is 0 Å². The summed E-state index contributed by atoms with van der Waals surface area (Å²) < 4.78 is 25.0. The van der Waals surface area contributed by atoms with E-state index in [-0.39, 0.29) is 0 Å². The van der Waals surface area contributed by atoms with E-state index in [1.807, 2.05) is 18.2 Å². The zero-order valence-corrected chi connectivity index (χ0v) is 13.2. The van der Waals surface area contributed by atoms with E-state index in [0.29, 0.717) is 11.6 Å². The van der Waals surface area contributed by atoms with E-state index in [0.717, 1.165) is 35.8 Å². The number of sulfonamides is 1. The molecule has 102 valence electrons. The van der Waals surface area contributed by atoms with Crippen molar-refractivity contribution in [1.29, 1.82) is 0 Å². The molecular weight excluding hydrogens is 340 g/mol. The quantitative estimate of drug-likeness (QED) is 0.737. The molecule has 0 saturated heterocycles. The van der Waals surface area contributed by atoms with Crippen LogP contribution in [-0.2, 0) is 16.6 Å². The minimum Gasteiger partial charge on any atom is -0.313 e. The molecule has 18 heavy (non-hydrogen) atoms. The van der Waals surface area contributed by atoms with Gasteiger partial charge >= 0.3 is 0 Å². The molecule has 1 aromatic rings. The topological polar surface area (TPSA) is 58.2 Å². The summed E-state index contributed by atoms with van der Waals surface area (Å²) in [5.74, 6) is 0. The maximum Gasteiger partial charge on any atom is 0.208 e. The summed E-state index contributed by atoms with van der Waals surface area (Å²) in [6.07, 6.45) is 1.91. The smallest absolute Gasteiger partial charge is 0.208 e. The molecule has 0 aromatic heterocycles. The first-order valence-electron chi connectivity index (χ1n) is 5.48. The van der Waals surface area contributed by atoms with Crippen molar-refractivity contribution < 1.29 is 8.42 Å². The van der Waals surface area contributed by atoms with E-state index < -0.39 is 10.0 Å². The van der Waals surface area contributed by atoms with Crippen LogP contribution in [-0.4, -0.2) is 27.8 Å². The van der Waals surface area contributed by atoms with Crippen LogP contribution in [0.4, 0.5) is 0 Å². The summed E-state index contributed by atoms with van der Waals surface area (Å²) in [5, 5.41) is 3.94. The number of halogens is 2. The fourth-order valence-corrected chi connectivity index (χ4v) is 2.70. The second kappa shape index (κ2) is 7.45. The molecule has 1 rings (SSSR count). The Hall–Kier alpha value is -0.140. The summed E-state index contributed by atoms with van der Waals surface area (Å²) in [6, 6.07) is 5.65. The monoisotopic (exact) mass is 354 g/mol. The lowest BCUT2D eigenvalue weighted by atomic mass is 10.2. The van der Waals surface area contributed by atoms with Gasteiger partial charge in [0.15, 0.2) is 0 Å². The van der Waals surface area contributed by atoms with Crippen molar-refractivity contribution in [2.24, 2.45) is 0 Å². The van der Waals surface area contributed by atoms with Crippen molar-refractivity contribution in [3.05, 3.63) is 33.3 Å². The van der Waals surface area contributed by atoms with Crippen LogP contribution < -0.4 is 10.0 Å². The fraction of sp³-hybridized carbons (Fsp3) is 0.455. The molecule has 0 aliphatic rings. The molecule has 0 spiro atoms. The van der Waals surface area contributed by atoms with Gasteiger partial charge in [0.05, 0.1) is 6.26 Å². The van der Waals surface area contributed by atoms with E-state index in [2.05, 4.69) is 26.0 Å². The summed E-state index contributed by atoms with van der Waals surface area (Å²) in [4.78, 5) is 0.